The van der Waals surface area contributed by atoms with E-state index >= 15 is 0 Å². The second-order valence-electron chi connectivity index (χ2n) is 6.59. The molecule has 0 amide bonds. The highest BCUT2D eigenvalue weighted by molar-refractivity contribution is 4.86. The Morgan fingerprint density at radius 2 is 1.95 bits per heavy atom. The molecule has 0 spiro atoms. The van der Waals surface area contributed by atoms with Crippen molar-refractivity contribution in [3.05, 3.63) is 0 Å². The van der Waals surface area contributed by atoms with Gasteiger partial charge in [0.25, 0.3) is 0 Å². The van der Waals surface area contributed by atoms with E-state index in [1.807, 2.05) is 0 Å². The number of hydrogen-bond donors (Lipinski definition) is 1. The first-order valence-electron chi connectivity index (χ1n) is 8.55. The highest BCUT2D eigenvalue weighted by atomic mass is 15.1. The molecule has 1 fully saturated rings. The number of rotatable bonds is 8. The van der Waals surface area contributed by atoms with Crippen molar-refractivity contribution < 1.29 is 0 Å². The van der Waals surface area contributed by atoms with Crippen LogP contribution in [-0.4, -0.2) is 37.1 Å². The van der Waals surface area contributed by atoms with E-state index in [1.54, 1.807) is 0 Å². The van der Waals surface area contributed by atoms with Crippen molar-refractivity contribution >= 4 is 0 Å². The van der Waals surface area contributed by atoms with Crippen LogP contribution in [0.3, 0.4) is 0 Å². The quantitative estimate of drug-likeness (QED) is 0.718. The molecule has 4 atom stereocenters. The first kappa shape index (κ1) is 17.0. The lowest BCUT2D eigenvalue weighted by Gasteiger charge is -2.39. The van der Waals surface area contributed by atoms with E-state index in [0.717, 1.165) is 24.4 Å². The maximum absolute atomic E-state index is 3.73. The van der Waals surface area contributed by atoms with Gasteiger partial charge in [0.15, 0.2) is 0 Å². The third-order valence-electron chi connectivity index (χ3n) is 5.12. The van der Waals surface area contributed by atoms with E-state index in [0.29, 0.717) is 6.04 Å². The molecular weight excluding hydrogens is 232 g/mol. The zero-order chi connectivity index (χ0) is 14.3. The zero-order valence-electron chi connectivity index (χ0n) is 13.9. The zero-order valence-corrected chi connectivity index (χ0v) is 13.9. The molecule has 1 N–H and O–H groups in total. The van der Waals surface area contributed by atoms with Gasteiger partial charge in [-0.15, -0.1) is 0 Å². The van der Waals surface area contributed by atoms with Crippen molar-refractivity contribution in [1.29, 1.82) is 0 Å². The minimum absolute atomic E-state index is 0.717. The fourth-order valence-corrected chi connectivity index (χ4v) is 3.63. The Kier molecular flexibility index (Phi) is 8.01. The summed E-state index contributed by atoms with van der Waals surface area (Å²) in [6.07, 6.45) is 8.30. The molecule has 1 saturated carbocycles. The summed E-state index contributed by atoms with van der Waals surface area (Å²) >= 11 is 0. The van der Waals surface area contributed by atoms with Gasteiger partial charge >= 0.3 is 0 Å². The summed E-state index contributed by atoms with van der Waals surface area (Å²) in [6.45, 7) is 11.6. The molecule has 19 heavy (non-hydrogen) atoms. The lowest BCUT2D eigenvalue weighted by atomic mass is 9.76. The van der Waals surface area contributed by atoms with Crippen LogP contribution >= 0.6 is 0 Å². The molecule has 2 nitrogen and oxygen atoms in total. The Bertz CT molecular complexity index is 229. The van der Waals surface area contributed by atoms with E-state index in [9.17, 15) is 0 Å². The van der Waals surface area contributed by atoms with Crippen LogP contribution in [0.2, 0.25) is 0 Å². The van der Waals surface area contributed by atoms with E-state index in [-0.39, 0.29) is 0 Å². The highest BCUT2D eigenvalue weighted by Gasteiger charge is 2.30. The molecule has 0 bridgehead atoms. The summed E-state index contributed by atoms with van der Waals surface area (Å²) < 4.78 is 0. The smallest absolute Gasteiger partial charge is 0.0108 e. The van der Waals surface area contributed by atoms with Crippen molar-refractivity contribution in [2.75, 3.05) is 20.1 Å². The molecule has 0 heterocycles. The third kappa shape index (κ3) is 5.43. The van der Waals surface area contributed by atoms with Crippen LogP contribution in [0, 0.1) is 11.8 Å². The molecule has 2 heteroatoms. The Balaban J connectivity index is 2.55. The molecule has 0 aromatic carbocycles. The van der Waals surface area contributed by atoms with Gasteiger partial charge in [-0.3, -0.25) is 0 Å². The van der Waals surface area contributed by atoms with Gasteiger partial charge in [0.2, 0.25) is 0 Å². The molecule has 1 rings (SSSR count). The largest absolute Gasteiger partial charge is 0.314 e. The van der Waals surface area contributed by atoms with Crippen molar-refractivity contribution in [2.24, 2.45) is 11.8 Å². The van der Waals surface area contributed by atoms with E-state index in [1.165, 1.54) is 45.1 Å². The van der Waals surface area contributed by atoms with Gasteiger partial charge in [0, 0.05) is 18.6 Å². The minimum Gasteiger partial charge on any atom is -0.314 e. The van der Waals surface area contributed by atoms with Crippen LogP contribution in [0.15, 0.2) is 0 Å². The van der Waals surface area contributed by atoms with Crippen molar-refractivity contribution in [3.8, 4) is 0 Å². The predicted octanol–water partition coefficient (Wildman–Crippen LogP) is 3.91. The maximum atomic E-state index is 3.73. The second-order valence-corrected chi connectivity index (χ2v) is 6.59. The summed E-state index contributed by atoms with van der Waals surface area (Å²) in [7, 11) is 2.31. The van der Waals surface area contributed by atoms with Gasteiger partial charge in [-0.05, 0) is 58.0 Å². The fraction of sp³-hybridized carbons (Fsp3) is 1.00. The minimum atomic E-state index is 0.717. The van der Waals surface area contributed by atoms with E-state index in [4.69, 9.17) is 0 Å². The first-order valence-corrected chi connectivity index (χ1v) is 8.55. The summed E-state index contributed by atoms with van der Waals surface area (Å²) in [6, 6.07) is 1.47. The average molecular weight is 268 g/mol. The Morgan fingerprint density at radius 1 is 1.21 bits per heavy atom. The van der Waals surface area contributed by atoms with Gasteiger partial charge < -0.3 is 10.2 Å². The number of hydrogen-bond acceptors (Lipinski definition) is 2. The molecule has 1 aliphatic carbocycles. The van der Waals surface area contributed by atoms with Gasteiger partial charge in [-0.1, -0.05) is 33.6 Å². The van der Waals surface area contributed by atoms with Crippen LogP contribution in [-0.2, 0) is 0 Å². The molecule has 0 aromatic heterocycles. The van der Waals surface area contributed by atoms with E-state index in [2.05, 4.69) is 45.0 Å². The lowest BCUT2D eigenvalue weighted by molar-refractivity contribution is 0.130. The Morgan fingerprint density at radius 3 is 2.53 bits per heavy atom. The van der Waals surface area contributed by atoms with Gasteiger partial charge in [0.1, 0.15) is 0 Å². The van der Waals surface area contributed by atoms with Crippen LogP contribution < -0.4 is 5.32 Å². The summed E-state index contributed by atoms with van der Waals surface area (Å²) in [4.78, 5) is 2.57. The molecule has 114 valence electrons. The molecule has 0 aromatic rings. The average Bonchev–Trinajstić information content (AvgIpc) is 2.41. The number of nitrogens with zero attached hydrogens (tertiary/aromatic N) is 1. The topological polar surface area (TPSA) is 15.3 Å². The molecular formula is C17H36N2. The van der Waals surface area contributed by atoms with Crippen molar-refractivity contribution in [2.45, 2.75) is 78.3 Å². The summed E-state index contributed by atoms with van der Waals surface area (Å²) in [5, 5.41) is 3.73. The number of nitrogens with one attached hydrogen (secondary N) is 1. The Hall–Kier alpha value is -0.0800. The molecule has 4 unspecified atom stereocenters. The third-order valence-corrected chi connectivity index (χ3v) is 5.12. The monoisotopic (exact) mass is 268 g/mol. The van der Waals surface area contributed by atoms with Crippen molar-refractivity contribution in [1.82, 2.24) is 10.2 Å². The summed E-state index contributed by atoms with van der Waals surface area (Å²) in [5.74, 6) is 1.83. The molecule has 0 aliphatic heterocycles. The van der Waals surface area contributed by atoms with Crippen LogP contribution in [0.1, 0.15) is 66.2 Å². The second kappa shape index (κ2) is 8.97. The SMILES string of the molecule is CCCC1CCC(NCC)C(CN(C)C(C)CC)C1. The van der Waals surface area contributed by atoms with Gasteiger partial charge in [-0.25, -0.2) is 0 Å². The molecule has 0 saturated heterocycles. The molecule has 0 radical (unpaired) electrons. The van der Waals surface area contributed by atoms with Crippen molar-refractivity contribution in [3.63, 3.8) is 0 Å². The fourth-order valence-electron chi connectivity index (χ4n) is 3.63. The predicted molar refractivity (Wildman–Crippen MR) is 85.6 cm³/mol. The van der Waals surface area contributed by atoms with Crippen LogP contribution in [0.5, 0.6) is 0 Å². The maximum Gasteiger partial charge on any atom is 0.0108 e. The van der Waals surface area contributed by atoms with Crippen LogP contribution in [0.4, 0.5) is 0 Å². The van der Waals surface area contributed by atoms with Gasteiger partial charge in [0.05, 0.1) is 0 Å². The lowest BCUT2D eigenvalue weighted by Crippen LogP contribution is -2.46. The first-order chi connectivity index (χ1) is 9.12. The molecule has 1 aliphatic rings. The van der Waals surface area contributed by atoms with Gasteiger partial charge in [-0.2, -0.15) is 0 Å². The standard InChI is InChI=1S/C17H36N2/c1-6-9-15-10-11-17(18-8-3)16(12-15)13-19(5)14(4)7-2/h14-18H,6-13H2,1-5H3. The summed E-state index contributed by atoms with van der Waals surface area (Å²) in [5.41, 5.74) is 0. The highest BCUT2D eigenvalue weighted by Crippen LogP contribution is 2.33. The Labute approximate surface area is 121 Å². The van der Waals surface area contributed by atoms with E-state index < -0.39 is 0 Å². The normalized spacial score (nSPS) is 29.7. The van der Waals surface area contributed by atoms with Crippen LogP contribution in [0.25, 0.3) is 0 Å².